The van der Waals surface area contributed by atoms with E-state index in [4.69, 9.17) is 28.4 Å². The summed E-state index contributed by atoms with van der Waals surface area (Å²) in [6.45, 7) is 31.1. The van der Waals surface area contributed by atoms with Crippen LogP contribution in [-0.2, 0) is 38.5 Å². The molecule has 6 heteroatoms. The fourth-order valence-corrected chi connectivity index (χ4v) is 13.7. The predicted molar refractivity (Wildman–Crippen MR) is 532 cm³/mol. The van der Waals surface area contributed by atoms with E-state index in [0.29, 0.717) is 0 Å². The van der Waals surface area contributed by atoms with Crippen LogP contribution in [0.2, 0.25) is 0 Å². The monoisotopic (exact) mass is 1650 g/mol. The molecule has 0 radical (unpaired) electrons. The lowest BCUT2D eigenvalue weighted by atomic mass is 10.0. The molecule has 0 amide bonds. The van der Waals surface area contributed by atoms with Crippen molar-refractivity contribution in [2.75, 3.05) is 39.6 Å². The molecule has 0 fully saturated rings. The van der Waals surface area contributed by atoms with Crippen LogP contribution in [0.3, 0.4) is 0 Å². The normalized spacial score (nSPS) is 10.5. The average Bonchev–Trinajstić information content (AvgIpc) is 0.883. The highest BCUT2D eigenvalue weighted by molar-refractivity contribution is 5.69. The van der Waals surface area contributed by atoms with Gasteiger partial charge < -0.3 is 28.4 Å². The van der Waals surface area contributed by atoms with Gasteiger partial charge in [-0.25, -0.2) is 0 Å². The molecule has 0 atom stereocenters. The number of unbranched alkanes of at least 4 members (excludes halogenated alkanes) is 10. The Morgan fingerprint density at radius 3 is 0.463 bits per heavy atom. The average molecular weight is 1650 g/mol. The van der Waals surface area contributed by atoms with Crippen molar-refractivity contribution < 1.29 is 28.4 Å². The molecule has 0 aromatic heterocycles. The van der Waals surface area contributed by atoms with Gasteiger partial charge in [0.25, 0.3) is 0 Å². The maximum absolute atomic E-state index is 5.71. The van der Waals surface area contributed by atoms with Crippen LogP contribution in [0.4, 0.5) is 0 Å². The Balaban J connectivity index is 0.000000203. The van der Waals surface area contributed by atoms with Crippen LogP contribution in [0.15, 0.2) is 291 Å². The molecule has 0 heterocycles. The summed E-state index contributed by atoms with van der Waals surface area (Å²) in [5, 5.41) is 0. The summed E-state index contributed by atoms with van der Waals surface area (Å²) < 4.78 is 34.0. The van der Waals surface area contributed by atoms with Crippen LogP contribution in [0.5, 0.6) is 34.5 Å². The Hall–Kier alpha value is -10.6. The van der Waals surface area contributed by atoms with E-state index < -0.39 is 0 Å². The summed E-state index contributed by atoms with van der Waals surface area (Å²) in [4.78, 5) is 0. The minimum Gasteiger partial charge on any atom is -0.494 e. The van der Waals surface area contributed by atoms with Crippen LogP contribution in [-0.4, -0.2) is 39.6 Å². The Labute approximate surface area is 745 Å². The van der Waals surface area contributed by atoms with E-state index >= 15 is 0 Å². The number of benzene rings is 12. The first-order valence-electron chi connectivity index (χ1n) is 47.4. The summed E-state index contributed by atoms with van der Waals surface area (Å²) >= 11 is 0. The molecule has 0 aliphatic rings. The van der Waals surface area contributed by atoms with E-state index in [9.17, 15) is 0 Å². The van der Waals surface area contributed by atoms with Crippen molar-refractivity contribution in [3.05, 3.63) is 325 Å². The summed E-state index contributed by atoms with van der Waals surface area (Å²) in [7, 11) is 0. The second-order valence-electron chi connectivity index (χ2n) is 32.1. The van der Waals surface area contributed by atoms with Crippen LogP contribution in [0.25, 0.3) is 66.8 Å². The second-order valence-corrected chi connectivity index (χ2v) is 32.1. The molecule has 0 unspecified atom stereocenters. The third kappa shape index (κ3) is 39.2. The topological polar surface area (TPSA) is 55.4 Å². The van der Waals surface area contributed by atoms with E-state index in [1.165, 1.54) is 222 Å². The fourth-order valence-electron chi connectivity index (χ4n) is 13.7. The van der Waals surface area contributed by atoms with Crippen molar-refractivity contribution in [2.24, 2.45) is 0 Å². The van der Waals surface area contributed by atoms with Gasteiger partial charge in [-0.05, 0) is 276 Å². The van der Waals surface area contributed by atoms with Gasteiger partial charge in [0, 0.05) is 0 Å². The first kappa shape index (κ1) is 99.5. The van der Waals surface area contributed by atoms with Gasteiger partial charge in [-0.3, -0.25) is 0 Å². The van der Waals surface area contributed by atoms with E-state index in [2.05, 4.69) is 374 Å². The third-order valence-corrected chi connectivity index (χ3v) is 21.6. The van der Waals surface area contributed by atoms with E-state index in [0.717, 1.165) is 126 Å². The highest BCUT2D eigenvalue weighted by atomic mass is 16.5. The van der Waals surface area contributed by atoms with Gasteiger partial charge in [-0.2, -0.15) is 0 Å². The molecule has 654 valence electrons. The zero-order valence-electron chi connectivity index (χ0n) is 77.5. The zero-order chi connectivity index (χ0) is 87.4. The standard InChI is InChI=1S/C21H28O.2C20H26O.2C19H24O.C18H22O/c1-3-5-7-8-18-9-11-19(12-10-18)20-13-15-21(16-14-20)22-17-6-4-2;1-3-5-6-7-17-8-10-18(11-9-17)19-12-14-20(15-13-19)21-16-4-2;1-3-5-7-17-8-10-18(11-9-17)19-12-14-20(15-13-19)21-16-6-4-2;1-3-5-6-16-7-9-17(10-8-16)18-11-13-19(14-12-18)20-15-4-2;1-3-5-15-20-19-13-11-18(12-14-19)17-9-7-16(6-4-2)8-10-17;1-3-5-14-19-18-12-10-17(11-13-18)16-8-6-15(4-2)7-9-16/h9-16H,3-8,17H2,1-2H3;2*8-15H,3-7,16H2,1-2H3;2*7-14H,3-6,15H2,1-2H3;6-13H,3-5,14H2,1-2H3. The summed E-state index contributed by atoms with van der Waals surface area (Å²) in [6, 6.07) is 104. The number of aryl methyl sites for hydroxylation is 6. The zero-order valence-corrected chi connectivity index (χ0v) is 77.5. The molecule has 0 aliphatic carbocycles. The maximum Gasteiger partial charge on any atom is 0.119 e. The fraction of sp³-hybridized carbons (Fsp3) is 0.385. The molecular weight excluding hydrogens is 1500 g/mol. The van der Waals surface area contributed by atoms with Gasteiger partial charge in [-0.1, -0.05) is 372 Å². The molecule has 0 spiro atoms. The Morgan fingerprint density at radius 1 is 0.130 bits per heavy atom. The van der Waals surface area contributed by atoms with Gasteiger partial charge in [0.2, 0.25) is 0 Å². The second kappa shape index (κ2) is 61.7. The maximum atomic E-state index is 5.71. The SMILES string of the molecule is CCCCCc1ccc(-c2ccc(OCCC)cc2)cc1.CCCCCc1ccc(-c2ccc(OCCCC)cc2)cc1.CCCCOc1ccc(-c2ccc(CC)cc2)cc1.CCCCOc1ccc(-c2ccc(CCC)cc2)cc1.CCCCOc1ccc(-c2ccc(CCCC)cc2)cc1.CCCCc1ccc(-c2ccc(OCCC)cc2)cc1. The Bertz CT molecular complexity index is 4370. The van der Waals surface area contributed by atoms with Crippen LogP contribution in [0, 0.1) is 0 Å². The quantitative estimate of drug-likeness (QED) is 0.0355. The van der Waals surface area contributed by atoms with Gasteiger partial charge in [0.1, 0.15) is 34.5 Å². The minimum atomic E-state index is 0.783. The summed E-state index contributed by atoms with van der Waals surface area (Å²) in [5.41, 5.74) is 23.6. The molecule has 0 N–H and O–H groups in total. The molecule has 0 aliphatic heterocycles. The molecule has 12 aromatic rings. The van der Waals surface area contributed by atoms with Crippen molar-refractivity contribution >= 4 is 0 Å². The molecule has 0 saturated heterocycles. The molecule has 123 heavy (non-hydrogen) atoms. The molecule has 0 saturated carbocycles. The first-order chi connectivity index (χ1) is 60.5. The third-order valence-electron chi connectivity index (χ3n) is 21.6. The first-order valence-corrected chi connectivity index (χ1v) is 47.4. The lowest BCUT2D eigenvalue weighted by molar-refractivity contribution is 0.309. The van der Waals surface area contributed by atoms with Crippen LogP contribution >= 0.6 is 0 Å². The van der Waals surface area contributed by atoms with Gasteiger partial charge in [-0.15, -0.1) is 0 Å². The Morgan fingerprint density at radius 2 is 0.293 bits per heavy atom. The molecule has 12 aromatic carbocycles. The van der Waals surface area contributed by atoms with Crippen molar-refractivity contribution in [1.29, 1.82) is 0 Å². The molecule has 6 nitrogen and oxygen atoms in total. The van der Waals surface area contributed by atoms with Crippen molar-refractivity contribution in [3.63, 3.8) is 0 Å². The highest BCUT2D eigenvalue weighted by Crippen LogP contribution is 2.31. The highest BCUT2D eigenvalue weighted by Gasteiger charge is 2.08. The number of hydrogen-bond acceptors (Lipinski definition) is 6. The van der Waals surface area contributed by atoms with Gasteiger partial charge in [0.15, 0.2) is 0 Å². The summed E-state index contributed by atoms with van der Waals surface area (Å²) in [6.07, 6.45) is 32.2. The van der Waals surface area contributed by atoms with Crippen molar-refractivity contribution in [3.8, 4) is 101 Å². The number of ether oxygens (including phenoxy) is 6. The van der Waals surface area contributed by atoms with Crippen molar-refractivity contribution in [2.45, 2.75) is 256 Å². The molecule has 12 rings (SSSR count). The van der Waals surface area contributed by atoms with E-state index in [-0.39, 0.29) is 0 Å². The van der Waals surface area contributed by atoms with E-state index in [1.54, 1.807) is 0 Å². The number of rotatable bonds is 45. The van der Waals surface area contributed by atoms with E-state index in [1.807, 2.05) is 0 Å². The number of hydrogen-bond donors (Lipinski definition) is 0. The minimum absolute atomic E-state index is 0.783. The molecular formula is C117H150O6. The van der Waals surface area contributed by atoms with Crippen molar-refractivity contribution in [1.82, 2.24) is 0 Å². The van der Waals surface area contributed by atoms with Gasteiger partial charge >= 0.3 is 0 Å². The van der Waals surface area contributed by atoms with Crippen LogP contribution in [0.1, 0.15) is 251 Å². The lowest BCUT2D eigenvalue weighted by Gasteiger charge is -2.07. The Kier molecular flexibility index (Phi) is 49.9. The lowest BCUT2D eigenvalue weighted by Crippen LogP contribution is -1.95. The largest absolute Gasteiger partial charge is 0.494 e. The smallest absolute Gasteiger partial charge is 0.119 e. The summed E-state index contributed by atoms with van der Waals surface area (Å²) in [5.74, 6) is 5.76. The molecule has 0 bridgehead atoms. The predicted octanol–water partition coefficient (Wildman–Crippen LogP) is 34.1. The van der Waals surface area contributed by atoms with Gasteiger partial charge in [0.05, 0.1) is 39.6 Å². The van der Waals surface area contributed by atoms with Crippen LogP contribution < -0.4 is 28.4 Å².